The Morgan fingerprint density at radius 2 is 1.65 bits per heavy atom. The van der Waals surface area contributed by atoms with Gasteiger partial charge in [-0.1, -0.05) is 36.4 Å². The van der Waals surface area contributed by atoms with Gasteiger partial charge in [0.2, 0.25) is 5.75 Å². The van der Waals surface area contributed by atoms with E-state index in [1.54, 1.807) is 14.2 Å². The summed E-state index contributed by atoms with van der Waals surface area (Å²) in [5.74, 6) is 2.38. The largest absolute Gasteiger partial charge is 0.493 e. The molecule has 0 radical (unpaired) electrons. The maximum atomic E-state index is 5.90. The summed E-state index contributed by atoms with van der Waals surface area (Å²) in [6.45, 7) is 1.26. The molecule has 124 valence electrons. The summed E-state index contributed by atoms with van der Waals surface area (Å²) < 4.78 is 16.5. The first-order valence-corrected chi connectivity index (χ1v) is 7.89. The van der Waals surface area contributed by atoms with Gasteiger partial charge in [-0.2, -0.15) is 0 Å². The highest BCUT2D eigenvalue weighted by Crippen LogP contribution is 2.36. The van der Waals surface area contributed by atoms with Crippen LogP contribution in [0.1, 0.15) is 24.3 Å². The summed E-state index contributed by atoms with van der Waals surface area (Å²) in [6, 6.07) is 16.0. The van der Waals surface area contributed by atoms with E-state index in [9.17, 15) is 0 Å². The molecule has 23 heavy (non-hydrogen) atoms. The lowest BCUT2D eigenvalue weighted by Gasteiger charge is -2.16. The Morgan fingerprint density at radius 3 is 2.30 bits per heavy atom. The normalized spacial score (nSPS) is 11.8. The molecule has 2 rings (SSSR count). The van der Waals surface area contributed by atoms with E-state index < -0.39 is 0 Å². The number of nitrogens with two attached hydrogens (primary N) is 1. The zero-order chi connectivity index (χ0) is 16.5. The van der Waals surface area contributed by atoms with Crippen molar-refractivity contribution < 1.29 is 14.2 Å². The van der Waals surface area contributed by atoms with Crippen LogP contribution in [-0.4, -0.2) is 27.4 Å². The summed E-state index contributed by atoms with van der Waals surface area (Å²) in [5, 5.41) is 0. The van der Waals surface area contributed by atoms with E-state index >= 15 is 0 Å². The molecule has 0 heterocycles. The van der Waals surface area contributed by atoms with Crippen molar-refractivity contribution in [2.24, 2.45) is 5.73 Å². The number of hydrogen-bond donors (Lipinski definition) is 1. The Kier molecular flexibility index (Phi) is 6.76. The molecule has 0 spiro atoms. The summed E-state index contributed by atoms with van der Waals surface area (Å²) in [7, 11) is 3.23. The van der Waals surface area contributed by atoms with E-state index in [2.05, 4.69) is 24.3 Å². The Balaban J connectivity index is 1.88. The predicted molar refractivity (Wildman–Crippen MR) is 92.5 cm³/mol. The van der Waals surface area contributed by atoms with E-state index in [0.29, 0.717) is 36.3 Å². The minimum atomic E-state index is 0.368. The third kappa shape index (κ3) is 4.63. The highest BCUT2D eigenvalue weighted by molar-refractivity contribution is 5.50. The summed E-state index contributed by atoms with van der Waals surface area (Å²) >= 11 is 0. The quantitative estimate of drug-likeness (QED) is 0.718. The predicted octanol–water partition coefficient (Wildman–Crippen LogP) is 3.61. The fourth-order valence-corrected chi connectivity index (χ4v) is 2.63. The van der Waals surface area contributed by atoms with E-state index in [0.717, 1.165) is 12.8 Å². The van der Waals surface area contributed by atoms with Gasteiger partial charge in [0.25, 0.3) is 0 Å². The molecule has 0 amide bonds. The van der Waals surface area contributed by atoms with Crippen LogP contribution in [-0.2, 0) is 0 Å². The molecule has 2 N–H and O–H groups in total. The summed E-state index contributed by atoms with van der Waals surface area (Å²) in [4.78, 5) is 0. The lowest BCUT2D eigenvalue weighted by Crippen LogP contribution is -2.13. The number of rotatable bonds is 9. The highest BCUT2D eigenvalue weighted by atomic mass is 16.5. The van der Waals surface area contributed by atoms with Gasteiger partial charge in [0.1, 0.15) is 0 Å². The molecule has 0 saturated heterocycles. The second kappa shape index (κ2) is 9.06. The van der Waals surface area contributed by atoms with Gasteiger partial charge < -0.3 is 19.9 Å². The molecular formula is C19H25NO3. The zero-order valence-corrected chi connectivity index (χ0v) is 13.8. The van der Waals surface area contributed by atoms with Gasteiger partial charge in [0.05, 0.1) is 20.8 Å². The van der Waals surface area contributed by atoms with Gasteiger partial charge in [-0.25, -0.2) is 0 Å². The SMILES string of the molecule is COc1cccc(OCCCC(CN)c2ccccc2)c1OC. The second-order valence-corrected chi connectivity index (χ2v) is 5.33. The van der Waals surface area contributed by atoms with Crippen molar-refractivity contribution in [2.75, 3.05) is 27.4 Å². The van der Waals surface area contributed by atoms with Crippen molar-refractivity contribution in [1.82, 2.24) is 0 Å². The summed E-state index contributed by atoms with van der Waals surface area (Å²) in [6.07, 6.45) is 1.92. The maximum absolute atomic E-state index is 5.90. The molecule has 2 aromatic carbocycles. The third-order valence-electron chi connectivity index (χ3n) is 3.88. The number of methoxy groups -OCH3 is 2. The second-order valence-electron chi connectivity index (χ2n) is 5.33. The van der Waals surface area contributed by atoms with Gasteiger partial charge >= 0.3 is 0 Å². The molecule has 0 fully saturated rings. The zero-order valence-electron chi connectivity index (χ0n) is 13.8. The fourth-order valence-electron chi connectivity index (χ4n) is 2.63. The number of para-hydroxylation sites is 1. The Labute approximate surface area is 138 Å². The Bertz CT molecular complexity index is 586. The lowest BCUT2D eigenvalue weighted by molar-refractivity contribution is 0.274. The first-order chi connectivity index (χ1) is 11.3. The Morgan fingerprint density at radius 1 is 0.913 bits per heavy atom. The van der Waals surface area contributed by atoms with Crippen LogP contribution in [0.4, 0.5) is 0 Å². The van der Waals surface area contributed by atoms with Crippen molar-refractivity contribution in [3.05, 3.63) is 54.1 Å². The van der Waals surface area contributed by atoms with E-state index in [4.69, 9.17) is 19.9 Å². The first kappa shape index (κ1) is 17.2. The molecule has 0 aliphatic rings. The van der Waals surface area contributed by atoms with Crippen LogP contribution in [0, 0.1) is 0 Å². The van der Waals surface area contributed by atoms with Crippen LogP contribution in [0.5, 0.6) is 17.2 Å². The smallest absolute Gasteiger partial charge is 0.203 e. The molecule has 4 heteroatoms. The number of ether oxygens (including phenoxy) is 3. The molecule has 4 nitrogen and oxygen atoms in total. The molecule has 0 aliphatic heterocycles. The van der Waals surface area contributed by atoms with Crippen LogP contribution in [0.25, 0.3) is 0 Å². The van der Waals surface area contributed by atoms with E-state index in [1.807, 2.05) is 24.3 Å². The van der Waals surface area contributed by atoms with Crippen molar-refractivity contribution in [3.63, 3.8) is 0 Å². The lowest BCUT2D eigenvalue weighted by atomic mass is 9.95. The molecule has 0 aliphatic carbocycles. The van der Waals surface area contributed by atoms with Gasteiger partial charge in [-0.05, 0) is 43.0 Å². The minimum absolute atomic E-state index is 0.368. The molecule has 2 aromatic rings. The van der Waals surface area contributed by atoms with Crippen molar-refractivity contribution >= 4 is 0 Å². The van der Waals surface area contributed by atoms with Crippen molar-refractivity contribution in [3.8, 4) is 17.2 Å². The minimum Gasteiger partial charge on any atom is -0.493 e. The highest BCUT2D eigenvalue weighted by Gasteiger charge is 2.12. The molecule has 1 unspecified atom stereocenters. The summed E-state index contributed by atoms with van der Waals surface area (Å²) in [5.41, 5.74) is 7.19. The van der Waals surface area contributed by atoms with Crippen LogP contribution in [0.15, 0.2) is 48.5 Å². The Hall–Kier alpha value is -2.20. The molecule has 0 bridgehead atoms. The van der Waals surface area contributed by atoms with Crippen LogP contribution in [0.2, 0.25) is 0 Å². The number of benzene rings is 2. The van der Waals surface area contributed by atoms with Gasteiger partial charge in [0.15, 0.2) is 11.5 Å². The monoisotopic (exact) mass is 315 g/mol. The number of hydrogen-bond acceptors (Lipinski definition) is 4. The van der Waals surface area contributed by atoms with Gasteiger partial charge in [-0.3, -0.25) is 0 Å². The standard InChI is InChI=1S/C19H25NO3/c1-21-17-11-6-12-18(19(17)22-2)23-13-7-10-16(14-20)15-8-4-3-5-9-15/h3-6,8-9,11-12,16H,7,10,13-14,20H2,1-2H3. The van der Waals surface area contributed by atoms with Gasteiger partial charge in [0, 0.05) is 0 Å². The van der Waals surface area contributed by atoms with E-state index in [1.165, 1.54) is 5.56 Å². The molecule has 0 saturated carbocycles. The fraction of sp³-hybridized carbons (Fsp3) is 0.368. The average molecular weight is 315 g/mol. The van der Waals surface area contributed by atoms with Crippen molar-refractivity contribution in [1.29, 1.82) is 0 Å². The third-order valence-corrected chi connectivity index (χ3v) is 3.88. The molecule has 1 atom stereocenters. The molecule has 0 aromatic heterocycles. The van der Waals surface area contributed by atoms with Crippen LogP contribution in [0.3, 0.4) is 0 Å². The average Bonchev–Trinajstić information content (AvgIpc) is 2.62. The topological polar surface area (TPSA) is 53.7 Å². The van der Waals surface area contributed by atoms with E-state index in [-0.39, 0.29) is 0 Å². The molecular weight excluding hydrogens is 290 g/mol. The van der Waals surface area contributed by atoms with Crippen molar-refractivity contribution in [2.45, 2.75) is 18.8 Å². The van der Waals surface area contributed by atoms with Crippen LogP contribution >= 0.6 is 0 Å². The van der Waals surface area contributed by atoms with Crippen LogP contribution < -0.4 is 19.9 Å². The van der Waals surface area contributed by atoms with Gasteiger partial charge in [-0.15, -0.1) is 0 Å². The maximum Gasteiger partial charge on any atom is 0.203 e. The first-order valence-electron chi connectivity index (χ1n) is 7.89.